The van der Waals surface area contributed by atoms with Gasteiger partial charge in [0, 0.05) is 28.2 Å². The van der Waals surface area contributed by atoms with Gasteiger partial charge in [0.1, 0.15) is 0 Å². The van der Waals surface area contributed by atoms with Gasteiger partial charge in [0.2, 0.25) is 5.91 Å². The molecule has 0 atom stereocenters. The Labute approximate surface area is 161 Å². The Kier molecular flexibility index (Phi) is 6.07. The molecule has 0 radical (unpaired) electrons. The van der Waals surface area contributed by atoms with Crippen molar-refractivity contribution in [3.63, 3.8) is 0 Å². The van der Waals surface area contributed by atoms with Crippen LogP contribution in [-0.2, 0) is 16.0 Å². The molecule has 1 aliphatic heterocycles. The minimum atomic E-state index is -0.166. The molecule has 1 amide bonds. The van der Waals surface area contributed by atoms with Gasteiger partial charge in [-0.3, -0.25) is 4.79 Å². The molecule has 1 aliphatic rings. The lowest BCUT2D eigenvalue weighted by molar-refractivity contribution is -0.115. The maximum absolute atomic E-state index is 12.5. The number of nitrogens with zero attached hydrogens (tertiary/aromatic N) is 1. The summed E-state index contributed by atoms with van der Waals surface area (Å²) < 4.78 is 5.39. The van der Waals surface area contributed by atoms with Crippen LogP contribution in [0.15, 0.2) is 36.4 Å². The molecule has 0 saturated carbocycles. The Balaban J connectivity index is 1.77. The Morgan fingerprint density at radius 3 is 2.44 bits per heavy atom. The summed E-state index contributed by atoms with van der Waals surface area (Å²) in [5, 5.41) is 4.52. The van der Waals surface area contributed by atoms with E-state index in [9.17, 15) is 4.79 Å². The van der Waals surface area contributed by atoms with Gasteiger partial charge < -0.3 is 15.0 Å². The number of morpholine rings is 1. The van der Waals surface area contributed by atoms with Crippen molar-refractivity contribution in [1.82, 2.24) is 0 Å². The monoisotopic (exact) mass is 398 g/mol. The molecule has 0 spiro atoms. The van der Waals surface area contributed by atoms with E-state index in [0.29, 0.717) is 34.0 Å². The number of amides is 1. The van der Waals surface area contributed by atoms with Crippen LogP contribution in [0.2, 0.25) is 15.1 Å². The minimum Gasteiger partial charge on any atom is -0.378 e. The number of carbonyl (C=O) groups excluding carboxylic acids is 1. The molecule has 0 unspecified atom stereocenters. The quantitative estimate of drug-likeness (QED) is 0.812. The standard InChI is InChI=1S/C18H17Cl3N2O2/c19-13-2-1-12(15(21)10-13)9-18(24)22-16-11-14(20)3-4-17(16)23-5-7-25-8-6-23/h1-4,10-11H,5-9H2,(H,22,24). The van der Waals surface area contributed by atoms with Crippen molar-refractivity contribution in [3.8, 4) is 0 Å². The zero-order chi connectivity index (χ0) is 17.8. The molecular weight excluding hydrogens is 383 g/mol. The van der Waals surface area contributed by atoms with Gasteiger partial charge in [0.15, 0.2) is 0 Å². The van der Waals surface area contributed by atoms with E-state index in [0.717, 1.165) is 24.3 Å². The summed E-state index contributed by atoms with van der Waals surface area (Å²) in [6, 6.07) is 10.6. The highest BCUT2D eigenvalue weighted by molar-refractivity contribution is 6.35. The summed E-state index contributed by atoms with van der Waals surface area (Å²) in [4.78, 5) is 14.6. The predicted octanol–water partition coefficient (Wildman–Crippen LogP) is 4.66. The maximum Gasteiger partial charge on any atom is 0.228 e. The number of ether oxygens (including phenoxy) is 1. The van der Waals surface area contributed by atoms with Crippen molar-refractivity contribution in [2.45, 2.75) is 6.42 Å². The van der Waals surface area contributed by atoms with E-state index in [1.54, 1.807) is 24.3 Å². The molecule has 1 saturated heterocycles. The third kappa shape index (κ3) is 4.79. The van der Waals surface area contributed by atoms with E-state index >= 15 is 0 Å². The number of nitrogens with one attached hydrogen (secondary N) is 1. The first-order valence-corrected chi connectivity index (χ1v) is 9.02. The zero-order valence-corrected chi connectivity index (χ0v) is 15.7. The second-order valence-electron chi connectivity index (χ2n) is 5.72. The third-order valence-corrected chi connectivity index (χ3v) is 4.77. The number of hydrogen-bond acceptors (Lipinski definition) is 3. The van der Waals surface area contributed by atoms with Crippen molar-refractivity contribution in [2.75, 3.05) is 36.5 Å². The highest BCUT2D eigenvalue weighted by Gasteiger charge is 2.17. The Morgan fingerprint density at radius 1 is 1.04 bits per heavy atom. The van der Waals surface area contributed by atoms with Gasteiger partial charge in [0.05, 0.1) is 31.0 Å². The fourth-order valence-corrected chi connectivity index (χ4v) is 3.37. The number of benzene rings is 2. The van der Waals surface area contributed by atoms with Crippen LogP contribution in [0.1, 0.15) is 5.56 Å². The van der Waals surface area contributed by atoms with Crippen LogP contribution in [0.3, 0.4) is 0 Å². The van der Waals surface area contributed by atoms with E-state index in [-0.39, 0.29) is 12.3 Å². The first-order chi connectivity index (χ1) is 12.0. The van der Waals surface area contributed by atoms with Crippen LogP contribution >= 0.6 is 34.8 Å². The predicted molar refractivity (Wildman–Crippen MR) is 103 cm³/mol. The molecule has 1 heterocycles. The number of anilines is 2. The Morgan fingerprint density at radius 2 is 1.72 bits per heavy atom. The van der Waals surface area contributed by atoms with Crippen molar-refractivity contribution >= 4 is 52.1 Å². The first kappa shape index (κ1) is 18.3. The molecule has 1 fully saturated rings. The van der Waals surface area contributed by atoms with Gasteiger partial charge in [-0.2, -0.15) is 0 Å². The van der Waals surface area contributed by atoms with Gasteiger partial charge in [-0.25, -0.2) is 0 Å². The van der Waals surface area contributed by atoms with Crippen molar-refractivity contribution in [3.05, 3.63) is 57.0 Å². The SMILES string of the molecule is O=C(Cc1ccc(Cl)cc1Cl)Nc1cc(Cl)ccc1N1CCOCC1. The van der Waals surface area contributed by atoms with E-state index in [2.05, 4.69) is 10.2 Å². The second kappa shape index (κ2) is 8.28. The van der Waals surface area contributed by atoms with Gasteiger partial charge in [-0.15, -0.1) is 0 Å². The lowest BCUT2D eigenvalue weighted by atomic mass is 10.1. The van der Waals surface area contributed by atoms with Gasteiger partial charge >= 0.3 is 0 Å². The molecule has 132 valence electrons. The Hall–Kier alpha value is -1.46. The lowest BCUT2D eigenvalue weighted by Gasteiger charge is -2.30. The molecule has 0 aliphatic carbocycles. The van der Waals surface area contributed by atoms with E-state index in [1.165, 1.54) is 0 Å². The highest BCUT2D eigenvalue weighted by Crippen LogP contribution is 2.30. The fraction of sp³-hybridized carbons (Fsp3) is 0.278. The summed E-state index contributed by atoms with van der Waals surface area (Å²) in [5.74, 6) is -0.166. The van der Waals surface area contributed by atoms with Gasteiger partial charge in [-0.1, -0.05) is 40.9 Å². The summed E-state index contributed by atoms with van der Waals surface area (Å²) in [5.41, 5.74) is 2.34. The fourth-order valence-electron chi connectivity index (χ4n) is 2.72. The largest absolute Gasteiger partial charge is 0.378 e. The number of rotatable bonds is 4. The molecule has 2 aromatic carbocycles. The van der Waals surface area contributed by atoms with Crippen LogP contribution in [-0.4, -0.2) is 32.2 Å². The number of hydrogen-bond donors (Lipinski definition) is 1. The van der Waals surface area contributed by atoms with Crippen LogP contribution < -0.4 is 10.2 Å². The molecule has 0 bridgehead atoms. The van der Waals surface area contributed by atoms with E-state index in [1.807, 2.05) is 12.1 Å². The van der Waals surface area contributed by atoms with E-state index in [4.69, 9.17) is 39.5 Å². The Bertz CT molecular complexity index is 777. The second-order valence-corrected chi connectivity index (χ2v) is 7.00. The topological polar surface area (TPSA) is 41.6 Å². The summed E-state index contributed by atoms with van der Waals surface area (Å²) in [6.07, 6.45) is 0.158. The molecule has 3 rings (SSSR count). The normalized spacial score (nSPS) is 14.4. The number of carbonyl (C=O) groups is 1. The first-order valence-electron chi connectivity index (χ1n) is 7.89. The molecule has 0 aromatic heterocycles. The van der Waals surface area contributed by atoms with Gasteiger partial charge in [0.25, 0.3) is 0 Å². The van der Waals surface area contributed by atoms with Gasteiger partial charge in [-0.05, 0) is 35.9 Å². The molecule has 2 aromatic rings. The molecule has 7 heteroatoms. The molecule has 25 heavy (non-hydrogen) atoms. The summed E-state index contributed by atoms with van der Waals surface area (Å²) in [6.45, 7) is 2.87. The third-order valence-electron chi connectivity index (χ3n) is 3.95. The smallest absolute Gasteiger partial charge is 0.228 e. The average Bonchev–Trinajstić information content (AvgIpc) is 2.58. The van der Waals surface area contributed by atoms with E-state index < -0.39 is 0 Å². The maximum atomic E-state index is 12.5. The molecular formula is C18H17Cl3N2O2. The molecule has 4 nitrogen and oxygen atoms in total. The van der Waals surface area contributed by atoms with Crippen LogP contribution in [0.25, 0.3) is 0 Å². The highest BCUT2D eigenvalue weighted by atomic mass is 35.5. The average molecular weight is 400 g/mol. The van der Waals surface area contributed by atoms with Crippen LogP contribution in [0, 0.1) is 0 Å². The lowest BCUT2D eigenvalue weighted by Crippen LogP contribution is -2.36. The zero-order valence-electron chi connectivity index (χ0n) is 13.4. The number of halogens is 3. The molecule has 1 N–H and O–H groups in total. The summed E-state index contributed by atoms with van der Waals surface area (Å²) in [7, 11) is 0. The van der Waals surface area contributed by atoms with Crippen molar-refractivity contribution in [1.29, 1.82) is 0 Å². The van der Waals surface area contributed by atoms with Crippen molar-refractivity contribution < 1.29 is 9.53 Å². The summed E-state index contributed by atoms with van der Waals surface area (Å²) >= 11 is 18.2. The minimum absolute atomic E-state index is 0.158. The van der Waals surface area contributed by atoms with Crippen LogP contribution in [0.4, 0.5) is 11.4 Å². The van der Waals surface area contributed by atoms with Crippen LogP contribution in [0.5, 0.6) is 0 Å². The van der Waals surface area contributed by atoms with Crippen molar-refractivity contribution in [2.24, 2.45) is 0 Å².